The maximum absolute atomic E-state index is 11.4. The van der Waals surface area contributed by atoms with Gasteiger partial charge in [-0.2, -0.15) is 5.26 Å². The van der Waals surface area contributed by atoms with Crippen LogP contribution in [0.15, 0.2) is 17.7 Å². The van der Waals surface area contributed by atoms with Crippen LogP contribution in [0, 0.1) is 11.3 Å². The Hall–Kier alpha value is -2.68. The van der Waals surface area contributed by atoms with Crippen molar-refractivity contribution in [2.45, 2.75) is 6.92 Å². The molecule has 0 aliphatic carbocycles. The Balaban J connectivity index is 3.20. The molecule has 0 aliphatic rings. The van der Waals surface area contributed by atoms with Crippen molar-refractivity contribution < 1.29 is 24.5 Å². The molecule has 0 bridgehead atoms. The van der Waals surface area contributed by atoms with Crippen molar-refractivity contribution in [3.63, 3.8) is 0 Å². The highest BCUT2D eigenvalue weighted by Gasteiger charge is 2.13. The van der Waals surface area contributed by atoms with Gasteiger partial charge in [0.05, 0.1) is 13.7 Å². The Morgan fingerprint density at radius 3 is 2.68 bits per heavy atom. The molecule has 0 spiro atoms. The minimum absolute atomic E-state index is 0.0346. The standard InChI is InChI=1S/C13H13NO5/c1-3-19-13(17)9(7-14)4-8-5-10(15)12(16)11(6-8)18-2/h4-6,15-16H,3H2,1-2H3/b9-4-. The van der Waals surface area contributed by atoms with Crippen LogP contribution in [0.4, 0.5) is 0 Å². The molecule has 0 aromatic heterocycles. The van der Waals surface area contributed by atoms with Crippen LogP contribution in [0.1, 0.15) is 12.5 Å². The van der Waals surface area contributed by atoms with Gasteiger partial charge in [-0.25, -0.2) is 4.79 Å². The van der Waals surface area contributed by atoms with Crippen molar-refractivity contribution in [2.75, 3.05) is 13.7 Å². The molecule has 0 heterocycles. The summed E-state index contributed by atoms with van der Waals surface area (Å²) < 4.78 is 9.56. The van der Waals surface area contributed by atoms with E-state index >= 15 is 0 Å². The molecule has 19 heavy (non-hydrogen) atoms. The van der Waals surface area contributed by atoms with Gasteiger partial charge < -0.3 is 19.7 Å². The van der Waals surface area contributed by atoms with Gasteiger partial charge in [0, 0.05) is 0 Å². The average Bonchev–Trinajstić information content (AvgIpc) is 2.39. The number of phenolic OH excluding ortho intramolecular Hbond substituents is 2. The van der Waals surface area contributed by atoms with E-state index < -0.39 is 17.5 Å². The van der Waals surface area contributed by atoms with Crippen LogP contribution in [0.5, 0.6) is 17.2 Å². The smallest absolute Gasteiger partial charge is 0.348 e. The SMILES string of the molecule is CCOC(=O)/C(C#N)=C\c1cc(O)c(O)c(OC)c1. The summed E-state index contributed by atoms with van der Waals surface area (Å²) >= 11 is 0. The molecule has 6 nitrogen and oxygen atoms in total. The third-order valence-corrected chi connectivity index (χ3v) is 2.22. The Kier molecular flexibility index (Phi) is 4.77. The summed E-state index contributed by atoms with van der Waals surface area (Å²) in [4.78, 5) is 11.4. The number of aromatic hydroxyl groups is 2. The van der Waals surface area contributed by atoms with Gasteiger partial charge in [0.25, 0.3) is 0 Å². The zero-order chi connectivity index (χ0) is 14.4. The fourth-order valence-corrected chi connectivity index (χ4v) is 1.37. The number of methoxy groups -OCH3 is 1. The summed E-state index contributed by atoms with van der Waals surface area (Å²) in [7, 11) is 1.32. The molecule has 1 rings (SSSR count). The van der Waals surface area contributed by atoms with E-state index in [1.165, 1.54) is 25.3 Å². The lowest BCUT2D eigenvalue weighted by Crippen LogP contribution is -2.06. The van der Waals surface area contributed by atoms with Gasteiger partial charge >= 0.3 is 5.97 Å². The Labute approximate surface area is 110 Å². The molecule has 0 saturated carbocycles. The van der Waals surface area contributed by atoms with Crippen molar-refractivity contribution >= 4 is 12.0 Å². The number of phenols is 2. The predicted molar refractivity (Wildman–Crippen MR) is 66.5 cm³/mol. The number of hydrogen-bond acceptors (Lipinski definition) is 6. The first kappa shape index (κ1) is 14.4. The number of benzene rings is 1. The zero-order valence-electron chi connectivity index (χ0n) is 10.5. The molecular weight excluding hydrogens is 250 g/mol. The van der Waals surface area contributed by atoms with E-state index in [0.717, 1.165) is 0 Å². The van der Waals surface area contributed by atoms with Gasteiger partial charge in [0.1, 0.15) is 11.6 Å². The minimum atomic E-state index is -0.753. The third kappa shape index (κ3) is 3.39. The lowest BCUT2D eigenvalue weighted by atomic mass is 10.1. The topological polar surface area (TPSA) is 99.8 Å². The fourth-order valence-electron chi connectivity index (χ4n) is 1.37. The number of rotatable bonds is 4. The van der Waals surface area contributed by atoms with Crippen molar-refractivity contribution in [2.24, 2.45) is 0 Å². The molecule has 0 unspecified atom stereocenters. The number of esters is 1. The summed E-state index contributed by atoms with van der Waals surface area (Å²) in [5, 5.41) is 27.8. The summed E-state index contributed by atoms with van der Waals surface area (Å²) in [6.45, 7) is 1.78. The average molecular weight is 263 g/mol. The first-order chi connectivity index (χ1) is 9.03. The molecule has 1 aromatic carbocycles. The molecule has 100 valence electrons. The van der Waals surface area contributed by atoms with Crippen LogP contribution in [0.2, 0.25) is 0 Å². The fraction of sp³-hybridized carbons (Fsp3) is 0.231. The van der Waals surface area contributed by atoms with Gasteiger partial charge in [0.2, 0.25) is 5.75 Å². The summed E-state index contributed by atoms with van der Waals surface area (Å²) in [5.74, 6) is -1.54. The minimum Gasteiger partial charge on any atom is -0.504 e. The maximum atomic E-state index is 11.4. The van der Waals surface area contributed by atoms with E-state index in [9.17, 15) is 15.0 Å². The van der Waals surface area contributed by atoms with E-state index in [0.29, 0.717) is 5.56 Å². The van der Waals surface area contributed by atoms with E-state index in [4.69, 9.17) is 14.7 Å². The van der Waals surface area contributed by atoms with E-state index in [-0.39, 0.29) is 17.9 Å². The van der Waals surface area contributed by atoms with Crippen LogP contribution >= 0.6 is 0 Å². The second kappa shape index (κ2) is 6.31. The van der Waals surface area contributed by atoms with Crippen molar-refractivity contribution in [1.29, 1.82) is 5.26 Å². The van der Waals surface area contributed by atoms with E-state index in [2.05, 4.69) is 0 Å². The van der Waals surface area contributed by atoms with Crippen LogP contribution in [-0.2, 0) is 9.53 Å². The second-order valence-electron chi connectivity index (χ2n) is 3.48. The highest BCUT2D eigenvalue weighted by atomic mass is 16.5. The number of carbonyl (C=O) groups is 1. The van der Waals surface area contributed by atoms with Crippen LogP contribution < -0.4 is 4.74 Å². The summed E-state index contributed by atoms with van der Waals surface area (Å²) in [6, 6.07) is 4.29. The van der Waals surface area contributed by atoms with Gasteiger partial charge in [0.15, 0.2) is 11.5 Å². The Morgan fingerprint density at radius 2 is 2.16 bits per heavy atom. The highest BCUT2D eigenvalue weighted by Crippen LogP contribution is 2.36. The molecule has 0 atom stereocenters. The van der Waals surface area contributed by atoms with Crippen molar-refractivity contribution in [3.8, 4) is 23.3 Å². The largest absolute Gasteiger partial charge is 0.504 e. The number of ether oxygens (including phenoxy) is 2. The van der Waals surface area contributed by atoms with Gasteiger partial charge in [-0.3, -0.25) is 0 Å². The molecule has 1 aromatic rings. The lowest BCUT2D eigenvalue weighted by Gasteiger charge is -2.06. The number of nitriles is 1. The molecule has 0 radical (unpaired) electrons. The molecule has 0 saturated heterocycles. The van der Waals surface area contributed by atoms with Gasteiger partial charge in [-0.1, -0.05) is 0 Å². The van der Waals surface area contributed by atoms with Gasteiger partial charge in [-0.15, -0.1) is 0 Å². The number of hydrogen-bond donors (Lipinski definition) is 2. The summed E-state index contributed by atoms with van der Waals surface area (Å²) in [5.41, 5.74) is 0.116. The maximum Gasteiger partial charge on any atom is 0.348 e. The van der Waals surface area contributed by atoms with Gasteiger partial charge in [-0.05, 0) is 30.7 Å². The molecule has 0 aliphatic heterocycles. The molecular formula is C13H13NO5. The van der Waals surface area contributed by atoms with Crippen LogP contribution in [-0.4, -0.2) is 29.9 Å². The lowest BCUT2D eigenvalue weighted by molar-refractivity contribution is -0.137. The first-order valence-corrected chi connectivity index (χ1v) is 5.42. The van der Waals surface area contributed by atoms with Crippen molar-refractivity contribution in [3.05, 3.63) is 23.3 Å². The molecule has 0 amide bonds. The predicted octanol–water partition coefficient (Wildman–Crippen LogP) is 1.58. The Bertz CT molecular complexity index is 557. The Morgan fingerprint density at radius 1 is 1.47 bits per heavy atom. The third-order valence-electron chi connectivity index (χ3n) is 2.22. The second-order valence-corrected chi connectivity index (χ2v) is 3.48. The van der Waals surface area contributed by atoms with Crippen LogP contribution in [0.25, 0.3) is 6.08 Å². The van der Waals surface area contributed by atoms with E-state index in [1.54, 1.807) is 13.0 Å². The van der Waals surface area contributed by atoms with Crippen LogP contribution in [0.3, 0.4) is 0 Å². The number of carbonyl (C=O) groups excluding carboxylic acids is 1. The first-order valence-electron chi connectivity index (χ1n) is 5.42. The monoisotopic (exact) mass is 263 g/mol. The normalized spacial score (nSPS) is 10.7. The zero-order valence-corrected chi connectivity index (χ0v) is 10.5. The van der Waals surface area contributed by atoms with E-state index in [1.807, 2.05) is 0 Å². The quantitative estimate of drug-likeness (QED) is 0.370. The van der Waals surface area contributed by atoms with Crippen molar-refractivity contribution in [1.82, 2.24) is 0 Å². The molecule has 0 fully saturated rings. The summed E-state index contributed by atoms with van der Waals surface area (Å²) in [6.07, 6.45) is 1.24. The highest BCUT2D eigenvalue weighted by molar-refractivity contribution is 5.98. The molecule has 2 N–H and O–H groups in total. The number of nitrogens with zero attached hydrogens (tertiary/aromatic N) is 1. The molecule has 6 heteroatoms.